The molecule has 9 heteroatoms. The molecule has 1 aliphatic rings. The number of hydrogen-bond donors (Lipinski definition) is 1. The number of nitrogens with one attached hydrogen (secondary N) is 1. The Bertz CT molecular complexity index is 1010. The summed E-state index contributed by atoms with van der Waals surface area (Å²) in [7, 11) is 0. The molecule has 28 heavy (non-hydrogen) atoms. The molecule has 144 valence electrons. The zero-order valence-corrected chi connectivity index (χ0v) is 15.9. The summed E-state index contributed by atoms with van der Waals surface area (Å²) in [6.45, 7) is 3.04. The third-order valence-electron chi connectivity index (χ3n) is 4.34. The first-order valence-corrected chi connectivity index (χ1v) is 9.20. The van der Waals surface area contributed by atoms with Gasteiger partial charge in [0.2, 0.25) is 5.91 Å². The molecule has 1 aliphatic heterocycles. The first kappa shape index (κ1) is 18.2. The van der Waals surface area contributed by atoms with E-state index in [0.717, 1.165) is 23.2 Å². The van der Waals surface area contributed by atoms with Crippen molar-refractivity contribution in [2.75, 3.05) is 18.5 Å². The lowest BCUT2D eigenvalue weighted by molar-refractivity contribution is -0.115. The van der Waals surface area contributed by atoms with E-state index in [2.05, 4.69) is 20.8 Å². The van der Waals surface area contributed by atoms with Crippen molar-refractivity contribution in [3.05, 3.63) is 52.8 Å². The van der Waals surface area contributed by atoms with Gasteiger partial charge in [-0.1, -0.05) is 17.7 Å². The summed E-state index contributed by atoms with van der Waals surface area (Å²) < 4.78 is 12.8. The molecule has 1 N–H and O–H groups in total. The predicted molar refractivity (Wildman–Crippen MR) is 103 cm³/mol. The number of ether oxygens (including phenoxy) is 2. The highest BCUT2D eigenvalue weighted by Gasteiger charge is 2.17. The van der Waals surface area contributed by atoms with Crippen molar-refractivity contribution in [2.24, 2.45) is 0 Å². The van der Waals surface area contributed by atoms with Crippen LogP contribution >= 0.6 is 11.6 Å². The Kier molecular flexibility index (Phi) is 5.12. The summed E-state index contributed by atoms with van der Waals surface area (Å²) in [5.74, 6) is 0.945. The molecule has 2 heterocycles. The number of aryl methyl sites for hydroxylation is 1. The number of hydrogen-bond acceptors (Lipinski definition) is 6. The van der Waals surface area contributed by atoms with Gasteiger partial charge in [-0.15, -0.1) is 5.10 Å². The van der Waals surface area contributed by atoms with Crippen LogP contribution in [-0.4, -0.2) is 39.3 Å². The molecular weight excluding hydrogens is 382 g/mol. The molecule has 0 atom stereocenters. The fourth-order valence-electron chi connectivity index (χ4n) is 2.93. The number of amides is 1. The van der Waals surface area contributed by atoms with Gasteiger partial charge in [0.25, 0.3) is 0 Å². The zero-order valence-electron chi connectivity index (χ0n) is 15.2. The van der Waals surface area contributed by atoms with Gasteiger partial charge in [0.1, 0.15) is 6.33 Å². The van der Waals surface area contributed by atoms with Crippen molar-refractivity contribution >= 4 is 23.2 Å². The lowest BCUT2D eigenvalue weighted by Gasteiger charge is -2.13. The monoisotopic (exact) mass is 399 g/mol. The van der Waals surface area contributed by atoms with Crippen molar-refractivity contribution < 1.29 is 14.3 Å². The van der Waals surface area contributed by atoms with Crippen molar-refractivity contribution in [1.29, 1.82) is 0 Å². The predicted octanol–water partition coefficient (Wildman–Crippen LogP) is 2.97. The van der Waals surface area contributed by atoms with Gasteiger partial charge >= 0.3 is 0 Å². The molecule has 2 aromatic carbocycles. The van der Waals surface area contributed by atoms with E-state index in [9.17, 15) is 4.79 Å². The minimum atomic E-state index is -0.164. The van der Waals surface area contributed by atoms with Gasteiger partial charge in [-0.3, -0.25) is 4.79 Å². The largest absolute Gasteiger partial charge is 0.489 e. The van der Waals surface area contributed by atoms with E-state index < -0.39 is 0 Å². The molecule has 0 bridgehead atoms. The average molecular weight is 400 g/mol. The van der Waals surface area contributed by atoms with Crippen LogP contribution in [0.15, 0.2) is 36.7 Å². The van der Waals surface area contributed by atoms with Gasteiger partial charge in [-0.2, -0.15) is 0 Å². The Labute approximate surface area is 166 Å². The number of anilines is 1. The first-order valence-electron chi connectivity index (χ1n) is 8.82. The van der Waals surface area contributed by atoms with Gasteiger partial charge in [0.15, 0.2) is 11.5 Å². The summed E-state index contributed by atoms with van der Waals surface area (Å²) in [5.41, 5.74) is 3.13. The standard InChI is InChI=1S/C19H18ClN5O3/c1-12-3-4-14(25-11-21-23-24-25)10-16(12)22-18(26)9-13-7-15(20)19-17(8-13)27-5-2-6-28-19/h3-4,7-8,10-11H,2,5-6,9H2,1H3,(H,22,26). The maximum Gasteiger partial charge on any atom is 0.228 e. The highest BCUT2D eigenvalue weighted by molar-refractivity contribution is 6.32. The number of carbonyl (C=O) groups excluding carboxylic acids is 1. The topological polar surface area (TPSA) is 91.2 Å². The van der Waals surface area contributed by atoms with E-state index in [4.69, 9.17) is 21.1 Å². The Balaban J connectivity index is 1.51. The minimum Gasteiger partial charge on any atom is -0.489 e. The second-order valence-corrected chi connectivity index (χ2v) is 6.84. The van der Waals surface area contributed by atoms with Crippen molar-refractivity contribution in [1.82, 2.24) is 20.2 Å². The number of halogens is 1. The van der Waals surface area contributed by atoms with Crippen LogP contribution in [0.4, 0.5) is 5.69 Å². The molecule has 0 radical (unpaired) electrons. The maximum absolute atomic E-state index is 12.6. The van der Waals surface area contributed by atoms with E-state index in [1.165, 1.54) is 11.0 Å². The van der Waals surface area contributed by atoms with Crippen LogP contribution in [-0.2, 0) is 11.2 Å². The Hall–Kier alpha value is -3.13. The molecule has 3 aromatic rings. The number of tetrazole rings is 1. The van der Waals surface area contributed by atoms with E-state index in [1.54, 1.807) is 12.1 Å². The lowest BCUT2D eigenvalue weighted by Crippen LogP contribution is -2.15. The van der Waals surface area contributed by atoms with Crippen LogP contribution in [0.25, 0.3) is 5.69 Å². The normalized spacial score (nSPS) is 13.1. The number of nitrogens with zero attached hydrogens (tertiary/aromatic N) is 4. The van der Waals surface area contributed by atoms with Gasteiger partial charge in [0.05, 0.1) is 30.3 Å². The molecule has 0 unspecified atom stereocenters. The van der Waals surface area contributed by atoms with Crippen LogP contribution in [0.5, 0.6) is 11.5 Å². The van der Waals surface area contributed by atoms with Gasteiger partial charge in [-0.25, -0.2) is 4.68 Å². The van der Waals surface area contributed by atoms with Gasteiger partial charge in [-0.05, 0) is 52.7 Å². The van der Waals surface area contributed by atoms with Crippen LogP contribution in [0.3, 0.4) is 0 Å². The lowest BCUT2D eigenvalue weighted by atomic mass is 10.1. The zero-order chi connectivity index (χ0) is 19.5. The fourth-order valence-corrected chi connectivity index (χ4v) is 3.22. The third-order valence-corrected chi connectivity index (χ3v) is 4.62. The molecule has 1 aromatic heterocycles. The van der Waals surface area contributed by atoms with Gasteiger partial charge < -0.3 is 14.8 Å². The summed E-state index contributed by atoms with van der Waals surface area (Å²) in [6, 6.07) is 9.14. The van der Waals surface area contributed by atoms with E-state index >= 15 is 0 Å². The molecule has 0 saturated carbocycles. The number of benzene rings is 2. The fraction of sp³-hybridized carbons (Fsp3) is 0.263. The minimum absolute atomic E-state index is 0.158. The van der Waals surface area contributed by atoms with Crippen LogP contribution in [0, 0.1) is 6.92 Å². The maximum atomic E-state index is 12.6. The quantitative estimate of drug-likeness (QED) is 0.725. The Morgan fingerprint density at radius 1 is 1.25 bits per heavy atom. The SMILES string of the molecule is Cc1ccc(-n2cnnn2)cc1NC(=O)Cc1cc(Cl)c2c(c1)OCCCO2. The molecule has 1 amide bonds. The molecule has 4 rings (SSSR count). The highest BCUT2D eigenvalue weighted by Crippen LogP contribution is 2.38. The van der Waals surface area contributed by atoms with Gasteiger partial charge in [0, 0.05) is 12.1 Å². The summed E-state index contributed by atoms with van der Waals surface area (Å²) in [5, 5.41) is 14.5. The van der Waals surface area contributed by atoms with Crippen LogP contribution in [0.1, 0.15) is 17.5 Å². The van der Waals surface area contributed by atoms with E-state index in [1.807, 2.05) is 25.1 Å². The Morgan fingerprint density at radius 3 is 2.93 bits per heavy atom. The number of carbonyl (C=O) groups is 1. The summed E-state index contributed by atoms with van der Waals surface area (Å²) in [4.78, 5) is 12.6. The van der Waals surface area contributed by atoms with Crippen LogP contribution < -0.4 is 14.8 Å². The number of fused-ring (bicyclic) bond motifs is 1. The van der Waals surface area contributed by atoms with E-state index in [-0.39, 0.29) is 12.3 Å². The highest BCUT2D eigenvalue weighted by atomic mass is 35.5. The van der Waals surface area contributed by atoms with Crippen molar-refractivity contribution in [3.8, 4) is 17.2 Å². The Morgan fingerprint density at radius 2 is 2.11 bits per heavy atom. The molecular formula is C19H18ClN5O3. The number of rotatable bonds is 4. The van der Waals surface area contributed by atoms with Crippen molar-refractivity contribution in [2.45, 2.75) is 19.8 Å². The smallest absolute Gasteiger partial charge is 0.228 e. The van der Waals surface area contributed by atoms with E-state index in [0.29, 0.717) is 35.4 Å². The average Bonchev–Trinajstić information content (AvgIpc) is 3.09. The molecule has 0 aliphatic carbocycles. The summed E-state index contributed by atoms with van der Waals surface area (Å²) in [6.07, 6.45) is 2.44. The molecule has 0 fully saturated rings. The third kappa shape index (κ3) is 3.91. The first-order chi connectivity index (χ1) is 13.6. The molecule has 0 saturated heterocycles. The molecule has 0 spiro atoms. The molecule has 8 nitrogen and oxygen atoms in total. The number of aromatic nitrogens is 4. The second kappa shape index (κ2) is 7.85. The van der Waals surface area contributed by atoms with Crippen molar-refractivity contribution in [3.63, 3.8) is 0 Å². The summed E-state index contributed by atoms with van der Waals surface area (Å²) >= 11 is 6.31. The second-order valence-electron chi connectivity index (χ2n) is 6.43. The van der Waals surface area contributed by atoms with Crippen LogP contribution in [0.2, 0.25) is 5.02 Å².